The lowest BCUT2D eigenvalue weighted by atomic mass is 9.88. The summed E-state index contributed by atoms with van der Waals surface area (Å²) in [6.07, 6.45) is 3.56. The van der Waals surface area contributed by atoms with Gasteiger partial charge in [0.15, 0.2) is 0 Å². The van der Waals surface area contributed by atoms with Gasteiger partial charge in [-0.05, 0) is 18.1 Å². The number of carboxylic acids is 1. The van der Waals surface area contributed by atoms with Crippen molar-refractivity contribution in [1.82, 2.24) is 4.98 Å². The molecule has 0 saturated heterocycles. The monoisotopic (exact) mass is 246 g/mol. The van der Waals surface area contributed by atoms with Gasteiger partial charge in [0.25, 0.3) is 0 Å². The highest BCUT2D eigenvalue weighted by atomic mass is 16.4. The van der Waals surface area contributed by atoms with Gasteiger partial charge in [-0.1, -0.05) is 31.5 Å². The van der Waals surface area contributed by atoms with E-state index in [4.69, 9.17) is 10.8 Å². The molecule has 96 valence electrons. The maximum Gasteiger partial charge on any atom is 0.321 e. The molecule has 2 aromatic rings. The quantitative estimate of drug-likeness (QED) is 0.758. The minimum Gasteiger partial charge on any atom is -0.480 e. The zero-order valence-corrected chi connectivity index (χ0v) is 10.4. The second-order valence-corrected chi connectivity index (χ2v) is 4.55. The fraction of sp³-hybridized carbons (Fsp3) is 0.357. The van der Waals surface area contributed by atoms with E-state index in [2.05, 4.69) is 4.98 Å². The van der Waals surface area contributed by atoms with Gasteiger partial charge in [0, 0.05) is 23.0 Å². The lowest BCUT2D eigenvalue weighted by molar-refractivity contribution is -0.139. The van der Waals surface area contributed by atoms with Crippen molar-refractivity contribution in [3.63, 3.8) is 0 Å². The molecule has 0 spiro atoms. The zero-order chi connectivity index (χ0) is 13.1. The summed E-state index contributed by atoms with van der Waals surface area (Å²) >= 11 is 0. The van der Waals surface area contributed by atoms with Crippen molar-refractivity contribution in [1.29, 1.82) is 0 Å². The number of aliphatic carboxylic acids is 1. The maximum atomic E-state index is 11.1. The lowest BCUT2D eigenvalue weighted by Crippen LogP contribution is -2.36. The van der Waals surface area contributed by atoms with Crippen molar-refractivity contribution in [2.75, 3.05) is 0 Å². The molecular formula is C14H18N2O2. The Morgan fingerprint density at radius 2 is 2.17 bits per heavy atom. The third-order valence-electron chi connectivity index (χ3n) is 3.34. The van der Waals surface area contributed by atoms with Gasteiger partial charge in [-0.25, -0.2) is 0 Å². The Labute approximate surface area is 106 Å². The first-order valence-electron chi connectivity index (χ1n) is 6.19. The van der Waals surface area contributed by atoms with Crippen LogP contribution in [0.3, 0.4) is 0 Å². The van der Waals surface area contributed by atoms with Crippen LogP contribution < -0.4 is 5.73 Å². The Bertz CT molecular complexity index is 547. The fourth-order valence-corrected chi connectivity index (χ4v) is 2.41. The van der Waals surface area contributed by atoms with Gasteiger partial charge in [-0.15, -0.1) is 0 Å². The number of aromatic amines is 1. The summed E-state index contributed by atoms with van der Waals surface area (Å²) in [6, 6.07) is 7.03. The second kappa shape index (κ2) is 5.23. The SMILES string of the molecule is CCC[C@H](c1c[nH]c2ccccc12)[C@H](N)C(=O)O. The summed E-state index contributed by atoms with van der Waals surface area (Å²) in [5.41, 5.74) is 7.84. The van der Waals surface area contributed by atoms with E-state index in [1.54, 1.807) is 0 Å². The summed E-state index contributed by atoms with van der Waals surface area (Å²) in [5, 5.41) is 10.2. The van der Waals surface area contributed by atoms with Crippen LogP contribution in [0.1, 0.15) is 31.2 Å². The number of hydrogen-bond donors (Lipinski definition) is 3. The van der Waals surface area contributed by atoms with Gasteiger partial charge < -0.3 is 15.8 Å². The number of hydrogen-bond acceptors (Lipinski definition) is 2. The number of carboxylic acid groups (broad SMARTS) is 1. The molecule has 0 saturated carbocycles. The molecule has 2 rings (SSSR count). The minimum atomic E-state index is -0.946. The number of carbonyl (C=O) groups is 1. The van der Waals surface area contributed by atoms with Crippen LogP contribution in [0.2, 0.25) is 0 Å². The Balaban J connectivity index is 2.44. The molecule has 18 heavy (non-hydrogen) atoms. The summed E-state index contributed by atoms with van der Waals surface area (Å²) in [4.78, 5) is 14.3. The average molecular weight is 246 g/mol. The predicted molar refractivity (Wildman–Crippen MR) is 71.6 cm³/mol. The number of H-pyrrole nitrogens is 1. The van der Waals surface area contributed by atoms with Gasteiger partial charge in [0.2, 0.25) is 0 Å². The zero-order valence-electron chi connectivity index (χ0n) is 10.4. The minimum absolute atomic E-state index is 0.149. The number of nitrogens with one attached hydrogen (secondary N) is 1. The van der Waals surface area contributed by atoms with Gasteiger partial charge >= 0.3 is 5.97 Å². The molecule has 1 heterocycles. The lowest BCUT2D eigenvalue weighted by Gasteiger charge is -2.19. The molecule has 0 radical (unpaired) electrons. The first-order chi connectivity index (χ1) is 8.65. The second-order valence-electron chi connectivity index (χ2n) is 4.55. The van der Waals surface area contributed by atoms with E-state index in [1.807, 2.05) is 37.4 Å². The Morgan fingerprint density at radius 3 is 2.83 bits per heavy atom. The van der Waals surface area contributed by atoms with Crippen molar-refractivity contribution in [2.24, 2.45) is 5.73 Å². The smallest absolute Gasteiger partial charge is 0.321 e. The highest BCUT2D eigenvalue weighted by molar-refractivity contribution is 5.85. The number of nitrogens with two attached hydrogens (primary N) is 1. The van der Waals surface area contributed by atoms with Crippen molar-refractivity contribution in [2.45, 2.75) is 31.7 Å². The van der Waals surface area contributed by atoms with Crippen LogP contribution in [0.5, 0.6) is 0 Å². The largest absolute Gasteiger partial charge is 0.480 e. The van der Waals surface area contributed by atoms with Crippen LogP contribution >= 0.6 is 0 Å². The van der Waals surface area contributed by atoms with Crippen LogP contribution in [0.4, 0.5) is 0 Å². The molecule has 0 aliphatic carbocycles. The molecule has 1 aromatic carbocycles. The molecule has 4 N–H and O–H groups in total. The average Bonchev–Trinajstić information content (AvgIpc) is 2.79. The van der Waals surface area contributed by atoms with Crippen LogP contribution in [0, 0.1) is 0 Å². The fourth-order valence-electron chi connectivity index (χ4n) is 2.41. The van der Waals surface area contributed by atoms with Crippen molar-refractivity contribution >= 4 is 16.9 Å². The van der Waals surface area contributed by atoms with Gasteiger partial charge in [0.05, 0.1) is 0 Å². The number of rotatable bonds is 5. The first kappa shape index (κ1) is 12.6. The molecule has 0 amide bonds. The third-order valence-corrected chi connectivity index (χ3v) is 3.34. The van der Waals surface area contributed by atoms with Crippen molar-refractivity contribution in [3.8, 4) is 0 Å². The summed E-state index contributed by atoms with van der Waals surface area (Å²) in [6.45, 7) is 2.04. The topological polar surface area (TPSA) is 79.1 Å². The molecule has 0 bridgehead atoms. The standard InChI is InChI=1S/C14H18N2O2/c1-2-5-10(13(15)14(17)18)11-8-16-12-7-4-3-6-9(11)12/h3-4,6-8,10,13,16H,2,5,15H2,1H3,(H,17,18)/t10-,13+/m1/s1. The molecule has 4 nitrogen and oxygen atoms in total. The van der Waals surface area contributed by atoms with E-state index in [-0.39, 0.29) is 5.92 Å². The van der Waals surface area contributed by atoms with E-state index in [0.717, 1.165) is 29.3 Å². The number of para-hydroxylation sites is 1. The van der Waals surface area contributed by atoms with Crippen molar-refractivity contribution < 1.29 is 9.90 Å². The normalized spacial score (nSPS) is 14.6. The molecule has 0 aliphatic heterocycles. The Hall–Kier alpha value is -1.81. The molecular weight excluding hydrogens is 228 g/mol. The Kier molecular flexibility index (Phi) is 3.67. The number of aromatic nitrogens is 1. The van der Waals surface area contributed by atoms with Crippen molar-refractivity contribution in [3.05, 3.63) is 36.0 Å². The molecule has 4 heteroatoms. The number of fused-ring (bicyclic) bond motifs is 1. The highest BCUT2D eigenvalue weighted by Gasteiger charge is 2.26. The van der Waals surface area contributed by atoms with Crippen LogP contribution in [0.15, 0.2) is 30.5 Å². The van der Waals surface area contributed by atoms with Gasteiger partial charge in [0.1, 0.15) is 6.04 Å². The van der Waals surface area contributed by atoms with E-state index in [9.17, 15) is 4.79 Å². The summed E-state index contributed by atoms with van der Waals surface area (Å²) < 4.78 is 0. The first-order valence-corrected chi connectivity index (χ1v) is 6.19. The van der Waals surface area contributed by atoms with E-state index in [0.29, 0.717) is 0 Å². The highest BCUT2D eigenvalue weighted by Crippen LogP contribution is 2.30. The molecule has 0 unspecified atom stereocenters. The number of benzene rings is 1. The molecule has 0 fully saturated rings. The van der Waals surface area contributed by atoms with Gasteiger partial charge in [-0.3, -0.25) is 4.79 Å². The van der Waals surface area contributed by atoms with Crippen LogP contribution in [-0.2, 0) is 4.79 Å². The summed E-state index contributed by atoms with van der Waals surface area (Å²) in [7, 11) is 0. The molecule has 1 aromatic heterocycles. The molecule has 2 atom stereocenters. The van der Waals surface area contributed by atoms with E-state index < -0.39 is 12.0 Å². The van der Waals surface area contributed by atoms with Gasteiger partial charge in [-0.2, -0.15) is 0 Å². The van der Waals surface area contributed by atoms with E-state index in [1.165, 1.54) is 0 Å². The third kappa shape index (κ3) is 2.24. The van der Waals surface area contributed by atoms with Crippen LogP contribution in [-0.4, -0.2) is 22.1 Å². The predicted octanol–water partition coefficient (Wildman–Crippen LogP) is 2.46. The summed E-state index contributed by atoms with van der Waals surface area (Å²) in [5.74, 6) is -1.10. The van der Waals surface area contributed by atoms with E-state index >= 15 is 0 Å². The maximum absolute atomic E-state index is 11.1. The molecule has 0 aliphatic rings. The van der Waals surface area contributed by atoms with Crippen LogP contribution in [0.25, 0.3) is 10.9 Å². The Morgan fingerprint density at radius 1 is 1.44 bits per heavy atom.